The van der Waals surface area contributed by atoms with Crippen LogP contribution >= 0.6 is 0 Å². The molecule has 0 radical (unpaired) electrons. The number of ketones is 1. The average molecular weight is 206 g/mol. The first kappa shape index (κ1) is 10.3. The number of carbonyl (C=O) groups excluding carboxylic acids is 1. The lowest BCUT2D eigenvalue weighted by molar-refractivity contribution is 0.0850. The summed E-state index contributed by atoms with van der Waals surface area (Å²) >= 11 is 0. The highest BCUT2D eigenvalue weighted by Crippen LogP contribution is 2.42. The molecule has 1 aliphatic rings. The van der Waals surface area contributed by atoms with Gasteiger partial charge in [0.1, 0.15) is 0 Å². The molecular formula is C13H15FO. The highest BCUT2D eigenvalue weighted by atomic mass is 19.1. The van der Waals surface area contributed by atoms with E-state index in [9.17, 15) is 9.18 Å². The van der Waals surface area contributed by atoms with Crippen molar-refractivity contribution < 1.29 is 9.18 Å². The highest BCUT2D eigenvalue weighted by Gasteiger charge is 2.50. The van der Waals surface area contributed by atoms with E-state index in [1.165, 1.54) is 0 Å². The van der Waals surface area contributed by atoms with Gasteiger partial charge in [-0.15, -0.1) is 0 Å². The predicted octanol–water partition coefficient (Wildman–Crippen LogP) is 3.49. The van der Waals surface area contributed by atoms with Crippen molar-refractivity contribution in [2.24, 2.45) is 0 Å². The number of carbonyl (C=O) groups is 1. The highest BCUT2D eigenvalue weighted by molar-refractivity contribution is 6.04. The third-order valence-electron chi connectivity index (χ3n) is 2.91. The van der Waals surface area contributed by atoms with Crippen molar-refractivity contribution in [1.29, 1.82) is 0 Å². The summed E-state index contributed by atoms with van der Waals surface area (Å²) in [6.45, 7) is 4.12. The summed E-state index contributed by atoms with van der Waals surface area (Å²) in [4.78, 5) is 11.7. The number of halogens is 1. The van der Waals surface area contributed by atoms with Crippen molar-refractivity contribution in [2.75, 3.05) is 0 Å². The average Bonchev–Trinajstić information content (AvgIpc) is 2.97. The van der Waals surface area contributed by atoms with Crippen LogP contribution in [0, 0.1) is 0 Å². The Kier molecular flexibility index (Phi) is 2.37. The van der Waals surface area contributed by atoms with E-state index in [4.69, 9.17) is 0 Å². The van der Waals surface area contributed by atoms with Gasteiger partial charge in [0, 0.05) is 5.56 Å². The summed E-state index contributed by atoms with van der Waals surface area (Å²) in [7, 11) is 0. The van der Waals surface area contributed by atoms with E-state index in [1.807, 2.05) is 18.2 Å². The zero-order valence-corrected chi connectivity index (χ0v) is 9.09. The number of Topliss-reactive ketones (excluding diaryl/α,β-unsaturated/α-hetero) is 1. The Morgan fingerprint density at radius 2 is 2.07 bits per heavy atom. The van der Waals surface area contributed by atoms with Crippen LogP contribution in [-0.2, 0) is 0 Å². The molecule has 2 heteroatoms. The second-order valence-electron chi connectivity index (χ2n) is 4.57. The van der Waals surface area contributed by atoms with Gasteiger partial charge in [-0.1, -0.05) is 32.0 Å². The topological polar surface area (TPSA) is 17.1 Å². The summed E-state index contributed by atoms with van der Waals surface area (Å²) in [6, 6.07) is 7.31. The first-order valence-corrected chi connectivity index (χ1v) is 5.36. The standard InChI is InChI=1S/C13H15FO/c1-9(2)10-4-3-5-11(8-10)12(15)13(14)6-7-13/h3-5,8-9H,6-7H2,1-2H3. The third-order valence-corrected chi connectivity index (χ3v) is 2.91. The first-order valence-electron chi connectivity index (χ1n) is 5.36. The number of alkyl halides is 1. The molecule has 0 unspecified atom stereocenters. The molecule has 0 spiro atoms. The van der Waals surface area contributed by atoms with Gasteiger partial charge in [0.2, 0.25) is 0 Å². The molecule has 2 rings (SSSR count). The summed E-state index contributed by atoms with van der Waals surface area (Å²) in [6.07, 6.45) is 0.773. The van der Waals surface area contributed by atoms with Crippen LogP contribution < -0.4 is 0 Å². The van der Waals surface area contributed by atoms with Crippen LogP contribution in [0.5, 0.6) is 0 Å². The van der Waals surface area contributed by atoms with Gasteiger partial charge in [-0.3, -0.25) is 4.79 Å². The van der Waals surface area contributed by atoms with Crippen molar-refractivity contribution in [2.45, 2.75) is 38.3 Å². The maximum atomic E-state index is 13.6. The van der Waals surface area contributed by atoms with E-state index in [1.54, 1.807) is 6.07 Å². The van der Waals surface area contributed by atoms with E-state index < -0.39 is 5.67 Å². The number of hydrogen-bond donors (Lipinski definition) is 0. The molecule has 0 bridgehead atoms. The summed E-state index contributed by atoms with van der Waals surface area (Å²) in [5, 5.41) is 0. The molecule has 1 nitrogen and oxygen atoms in total. The molecule has 0 saturated heterocycles. The fraction of sp³-hybridized carbons (Fsp3) is 0.462. The molecule has 1 aliphatic carbocycles. The molecule has 1 saturated carbocycles. The van der Waals surface area contributed by atoms with Gasteiger partial charge < -0.3 is 0 Å². The van der Waals surface area contributed by atoms with Crippen LogP contribution in [0.25, 0.3) is 0 Å². The molecule has 1 aromatic carbocycles. The molecule has 0 aromatic heterocycles. The van der Waals surface area contributed by atoms with Gasteiger partial charge in [-0.2, -0.15) is 0 Å². The smallest absolute Gasteiger partial charge is 0.199 e. The van der Waals surface area contributed by atoms with Crippen LogP contribution in [0.4, 0.5) is 4.39 Å². The van der Waals surface area contributed by atoms with Gasteiger partial charge >= 0.3 is 0 Å². The fourth-order valence-electron chi connectivity index (χ4n) is 1.63. The maximum Gasteiger partial charge on any atom is 0.199 e. The van der Waals surface area contributed by atoms with Crippen molar-refractivity contribution in [3.63, 3.8) is 0 Å². The normalized spacial score (nSPS) is 17.9. The second kappa shape index (κ2) is 3.44. The Balaban J connectivity index is 2.29. The van der Waals surface area contributed by atoms with Gasteiger partial charge in [0.05, 0.1) is 0 Å². The Morgan fingerprint density at radius 3 is 2.60 bits per heavy atom. The maximum absolute atomic E-state index is 13.6. The van der Waals surface area contributed by atoms with Crippen molar-refractivity contribution in [1.82, 2.24) is 0 Å². The minimum absolute atomic E-state index is 0.343. The number of hydrogen-bond acceptors (Lipinski definition) is 1. The van der Waals surface area contributed by atoms with E-state index in [0.29, 0.717) is 24.3 Å². The molecule has 0 atom stereocenters. The molecule has 0 aliphatic heterocycles. The van der Waals surface area contributed by atoms with Crippen LogP contribution in [0.3, 0.4) is 0 Å². The van der Waals surface area contributed by atoms with Gasteiger partial charge in [-0.05, 0) is 30.4 Å². The SMILES string of the molecule is CC(C)c1cccc(C(=O)C2(F)CC2)c1. The van der Waals surface area contributed by atoms with Gasteiger partial charge in [-0.25, -0.2) is 4.39 Å². The molecule has 0 N–H and O–H groups in total. The largest absolute Gasteiger partial charge is 0.291 e. The Bertz CT molecular complexity index is 391. The zero-order chi connectivity index (χ0) is 11.1. The van der Waals surface area contributed by atoms with Crippen LogP contribution in [-0.4, -0.2) is 11.5 Å². The Hall–Kier alpha value is -1.18. The lowest BCUT2D eigenvalue weighted by atomic mass is 9.97. The van der Waals surface area contributed by atoms with E-state index in [-0.39, 0.29) is 5.78 Å². The predicted molar refractivity (Wildman–Crippen MR) is 57.9 cm³/mol. The summed E-state index contributed by atoms with van der Waals surface area (Å²) < 4.78 is 13.6. The fourth-order valence-corrected chi connectivity index (χ4v) is 1.63. The van der Waals surface area contributed by atoms with E-state index in [2.05, 4.69) is 13.8 Å². The van der Waals surface area contributed by atoms with Crippen molar-refractivity contribution in [3.05, 3.63) is 35.4 Å². The first-order chi connectivity index (χ1) is 7.03. The Morgan fingerprint density at radius 1 is 1.40 bits per heavy atom. The van der Waals surface area contributed by atoms with E-state index >= 15 is 0 Å². The van der Waals surface area contributed by atoms with Crippen LogP contribution in [0.2, 0.25) is 0 Å². The lowest BCUT2D eigenvalue weighted by Gasteiger charge is -2.08. The second-order valence-corrected chi connectivity index (χ2v) is 4.57. The lowest BCUT2D eigenvalue weighted by Crippen LogP contribution is -2.16. The van der Waals surface area contributed by atoms with E-state index in [0.717, 1.165) is 5.56 Å². The monoisotopic (exact) mass is 206 g/mol. The van der Waals surface area contributed by atoms with Crippen molar-refractivity contribution in [3.8, 4) is 0 Å². The minimum atomic E-state index is -1.55. The minimum Gasteiger partial charge on any atom is -0.291 e. The molecule has 80 valence electrons. The molecule has 1 aromatic rings. The van der Waals surface area contributed by atoms with Crippen LogP contribution in [0.15, 0.2) is 24.3 Å². The van der Waals surface area contributed by atoms with Gasteiger partial charge in [0.25, 0.3) is 0 Å². The molecular weight excluding hydrogens is 191 g/mol. The number of benzene rings is 1. The summed E-state index contributed by atoms with van der Waals surface area (Å²) in [5.41, 5.74) is 0.0570. The molecule has 15 heavy (non-hydrogen) atoms. The van der Waals surface area contributed by atoms with Crippen molar-refractivity contribution >= 4 is 5.78 Å². The quantitative estimate of drug-likeness (QED) is 0.692. The van der Waals surface area contributed by atoms with Crippen LogP contribution in [0.1, 0.15) is 48.5 Å². The molecule has 0 amide bonds. The summed E-state index contributed by atoms with van der Waals surface area (Å²) in [5.74, 6) is 0.0255. The van der Waals surface area contributed by atoms with Gasteiger partial charge in [0.15, 0.2) is 11.5 Å². The molecule has 0 heterocycles. The zero-order valence-electron chi connectivity index (χ0n) is 9.09. The Labute approximate surface area is 89.3 Å². The number of rotatable bonds is 3. The third kappa shape index (κ3) is 1.94. The molecule has 1 fully saturated rings.